The lowest BCUT2D eigenvalue weighted by atomic mass is 9.86. The Morgan fingerprint density at radius 2 is 1.83 bits per heavy atom. The zero-order valence-corrected chi connectivity index (χ0v) is 13.1. The normalized spacial score (nSPS) is 26.2. The number of carbonyl (C=O) groups is 2. The van der Waals surface area contributed by atoms with Crippen LogP contribution >= 0.6 is 0 Å². The van der Waals surface area contributed by atoms with Crippen LogP contribution in [0.25, 0.3) is 0 Å². The van der Waals surface area contributed by atoms with Crippen LogP contribution in [0.1, 0.15) is 42.0 Å². The van der Waals surface area contributed by atoms with Gasteiger partial charge in [0.15, 0.2) is 0 Å². The van der Waals surface area contributed by atoms with Crippen LogP contribution in [0.15, 0.2) is 48.9 Å². The number of fused-ring (bicyclic) bond motifs is 3. The fraction of sp³-hybridized carbons (Fsp3) is 0.278. The van der Waals surface area contributed by atoms with E-state index in [0.717, 1.165) is 5.92 Å². The molecule has 124 valence electrons. The first-order chi connectivity index (χ1) is 11.5. The quantitative estimate of drug-likeness (QED) is 0.752. The summed E-state index contributed by atoms with van der Waals surface area (Å²) >= 11 is 0. The molecule has 1 saturated carbocycles. The molecule has 1 aromatic heterocycles. The summed E-state index contributed by atoms with van der Waals surface area (Å²) in [6.45, 7) is 2.35. The van der Waals surface area contributed by atoms with Crippen molar-refractivity contribution in [2.24, 2.45) is 0 Å². The summed E-state index contributed by atoms with van der Waals surface area (Å²) in [4.78, 5) is 26.6. The van der Waals surface area contributed by atoms with Gasteiger partial charge in [-0.25, -0.2) is 14.6 Å². The summed E-state index contributed by atoms with van der Waals surface area (Å²) in [7, 11) is 0. The van der Waals surface area contributed by atoms with E-state index < -0.39 is 11.9 Å². The lowest BCUT2D eigenvalue weighted by Gasteiger charge is -2.18. The number of aromatic amines is 1. The van der Waals surface area contributed by atoms with Crippen LogP contribution in [-0.2, 0) is 15.0 Å². The topological polar surface area (TPSA) is 103 Å². The van der Waals surface area contributed by atoms with E-state index in [1.54, 1.807) is 11.9 Å². The van der Waals surface area contributed by atoms with Crippen molar-refractivity contribution in [1.29, 1.82) is 0 Å². The molecule has 1 fully saturated rings. The molecule has 2 aliphatic rings. The number of H-pyrrole nitrogens is 1. The van der Waals surface area contributed by atoms with Crippen LogP contribution in [0.4, 0.5) is 0 Å². The van der Waals surface area contributed by atoms with Crippen molar-refractivity contribution in [3.63, 3.8) is 0 Å². The molecule has 0 spiro atoms. The van der Waals surface area contributed by atoms with Crippen LogP contribution in [-0.4, -0.2) is 32.1 Å². The van der Waals surface area contributed by atoms with Gasteiger partial charge in [-0.05, 0) is 29.4 Å². The molecule has 0 aliphatic heterocycles. The molecule has 24 heavy (non-hydrogen) atoms. The van der Waals surface area contributed by atoms with E-state index in [-0.39, 0.29) is 0 Å². The molecule has 0 unspecified atom stereocenters. The second kappa shape index (κ2) is 5.96. The zero-order valence-electron chi connectivity index (χ0n) is 13.1. The number of carboxylic acids is 2. The van der Waals surface area contributed by atoms with E-state index in [4.69, 9.17) is 10.2 Å². The first-order valence-electron chi connectivity index (χ1n) is 7.68. The predicted octanol–water partition coefficient (Wildman–Crippen LogP) is 2.66. The summed E-state index contributed by atoms with van der Waals surface area (Å²) in [5.74, 6) is -1.17. The van der Waals surface area contributed by atoms with E-state index in [1.165, 1.54) is 17.7 Å². The third kappa shape index (κ3) is 2.60. The summed E-state index contributed by atoms with van der Waals surface area (Å²) in [6.07, 6.45) is 6.20. The second-order valence-corrected chi connectivity index (χ2v) is 6.12. The number of carboxylic acid groups (broad SMARTS) is 2. The highest BCUT2D eigenvalue weighted by molar-refractivity contribution is 5.89. The van der Waals surface area contributed by atoms with Gasteiger partial charge in [0.05, 0.1) is 6.33 Å². The minimum atomic E-state index is -1.26. The molecule has 1 heterocycles. The first kappa shape index (κ1) is 16.0. The van der Waals surface area contributed by atoms with Crippen molar-refractivity contribution in [2.75, 3.05) is 0 Å². The number of hydrogen-bond donors (Lipinski definition) is 3. The summed E-state index contributed by atoms with van der Waals surface area (Å²) in [5, 5.41) is 15.6. The van der Waals surface area contributed by atoms with Crippen LogP contribution in [0.5, 0.6) is 0 Å². The van der Waals surface area contributed by atoms with Gasteiger partial charge in [-0.2, -0.15) is 0 Å². The first-order valence-corrected chi connectivity index (χ1v) is 7.68. The summed E-state index contributed by atoms with van der Waals surface area (Å²) in [6, 6.07) is 8.89. The second-order valence-electron chi connectivity index (χ2n) is 6.12. The van der Waals surface area contributed by atoms with Crippen LogP contribution in [0, 0.1) is 0 Å². The third-order valence-electron chi connectivity index (χ3n) is 4.98. The Hall–Kier alpha value is -2.89. The maximum atomic E-state index is 9.55. The van der Waals surface area contributed by atoms with Gasteiger partial charge in [0, 0.05) is 29.5 Å². The Morgan fingerprint density at radius 1 is 1.21 bits per heavy atom. The lowest BCUT2D eigenvalue weighted by molar-refractivity contribution is -0.134. The minimum Gasteiger partial charge on any atom is -0.478 e. The van der Waals surface area contributed by atoms with Crippen molar-refractivity contribution in [3.8, 4) is 0 Å². The average molecular weight is 326 g/mol. The number of nitrogens with zero attached hydrogens (tertiary/aromatic N) is 1. The van der Waals surface area contributed by atoms with Crippen molar-refractivity contribution in [2.45, 2.75) is 30.6 Å². The van der Waals surface area contributed by atoms with Gasteiger partial charge in [-0.3, -0.25) is 0 Å². The number of hydrogen-bond acceptors (Lipinski definition) is 3. The van der Waals surface area contributed by atoms with Gasteiger partial charge in [-0.15, -0.1) is 0 Å². The van der Waals surface area contributed by atoms with Gasteiger partial charge in [0.2, 0.25) is 0 Å². The van der Waals surface area contributed by atoms with Crippen molar-refractivity contribution in [3.05, 3.63) is 65.8 Å². The Labute approximate surface area is 138 Å². The SMILES string of the molecule is C[C@H]1c2ccccc2[C@H]2C[C@]21c1cnc[nH]1.O=C(O)/C=C/C(=O)O. The van der Waals surface area contributed by atoms with E-state index in [2.05, 4.69) is 41.2 Å². The largest absolute Gasteiger partial charge is 0.478 e. The molecule has 2 aromatic rings. The fourth-order valence-corrected chi connectivity index (χ4v) is 3.83. The molecule has 0 radical (unpaired) electrons. The van der Waals surface area contributed by atoms with Gasteiger partial charge in [0.25, 0.3) is 0 Å². The fourth-order valence-electron chi connectivity index (χ4n) is 3.83. The number of aliphatic carboxylic acids is 2. The number of imidazole rings is 1. The highest BCUT2D eigenvalue weighted by atomic mass is 16.4. The van der Waals surface area contributed by atoms with E-state index in [1.807, 2.05) is 6.20 Å². The minimum absolute atomic E-state index is 0.334. The van der Waals surface area contributed by atoms with Crippen LogP contribution in [0.2, 0.25) is 0 Å². The zero-order chi connectivity index (χ0) is 17.3. The molecule has 1 aromatic carbocycles. The van der Waals surface area contributed by atoms with E-state index >= 15 is 0 Å². The van der Waals surface area contributed by atoms with Gasteiger partial charge < -0.3 is 15.2 Å². The van der Waals surface area contributed by atoms with Crippen LogP contribution in [0.3, 0.4) is 0 Å². The Balaban J connectivity index is 0.000000183. The summed E-state index contributed by atoms with van der Waals surface area (Å²) < 4.78 is 0. The van der Waals surface area contributed by atoms with Crippen LogP contribution < -0.4 is 0 Å². The number of nitrogens with one attached hydrogen (secondary N) is 1. The van der Waals surface area contributed by atoms with Crippen molar-refractivity contribution in [1.82, 2.24) is 9.97 Å². The maximum Gasteiger partial charge on any atom is 0.328 e. The van der Waals surface area contributed by atoms with Crippen molar-refractivity contribution < 1.29 is 19.8 Å². The highest BCUT2D eigenvalue weighted by Crippen LogP contribution is 2.72. The van der Waals surface area contributed by atoms with Gasteiger partial charge in [0.1, 0.15) is 0 Å². The molecular formula is C18H18N2O4. The smallest absolute Gasteiger partial charge is 0.328 e. The molecule has 6 heteroatoms. The molecule has 3 N–H and O–H groups in total. The predicted molar refractivity (Wildman–Crippen MR) is 86.9 cm³/mol. The third-order valence-corrected chi connectivity index (χ3v) is 4.98. The molecule has 6 nitrogen and oxygen atoms in total. The Bertz CT molecular complexity index is 766. The van der Waals surface area contributed by atoms with E-state index in [9.17, 15) is 9.59 Å². The molecule has 0 amide bonds. The van der Waals surface area contributed by atoms with Crippen molar-refractivity contribution >= 4 is 11.9 Å². The number of rotatable bonds is 3. The molecule has 4 rings (SSSR count). The van der Waals surface area contributed by atoms with E-state index in [0.29, 0.717) is 23.5 Å². The maximum absolute atomic E-state index is 9.55. The Morgan fingerprint density at radius 3 is 2.33 bits per heavy atom. The standard InChI is InChI=1S/C14H14N2.C4H4O4/c1-9-10-4-2-3-5-11(10)12-6-14(9,12)13-7-15-8-16-13;5-3(6)1-2-4(7)8/h2-5,7-9,12H,6H2,1H3,(H,15,16);1-2H,(H,5,6)(H,7,8)/b;2-1+/t9-,12+,14+;/m0./s1. The van der Waals surface area contributed by atoms with Gasteiger partial charge >= 0.3 is 11.9 Å². The molecule has 2 aliphatic carbocycles. The molecular weight excluding hydrogens is 308 g/mol. The molecule has 0 saturated heterocycles. The molecule has 3 atom stereocenters. The van der Waals surface area contributed by atoms with Gasteiger partial charge in [-0.1, -0.05) is 31.2 Å². The average Bonchev–Trinajstić information content (AvgIpc) is 2.96. The highest BCUT2D eigenvalue weighted by Gasteiger charge is 2.65. The summed E-state index contributed by atoms with van der Waals surface area (Å²) in [5.41, 5.74) is 4.75. The monoisotopic (exact) mass is 326 g/mol. The number of aromatic nitrogens is 2. The number of benzene rings is 1. The Kier molecular flexibility index (Phi) is 3.97. The lowest BCUT2D eigenvalue weighted by Crippen LogP contribution is -2.13. The molecule has 0 bridgehead atoms.